The van der Waals surface area contributed by atoms with Crippen molar-refractivity contribution in [1.29, 1.82) is 0 Å². The van der Waals surface area contributed by atoms with E-state index in [4.69, 9.17) is 21.1 Å². The molecular weight excluding hydrogens is 434 g/mol. The number of piperazine rings is 1. The van der Waals surface area contributed by atoms with Gasteiger partial charge in [-0.25, -0.2) is 0 Å². The van der Waals surface area contributed by atoms with Crippen molar-refractivity contribution < 1.29 is 19.2 Å². The first-order chi connectivity index (χ1) is 15.5. The van der Waals surface area contributed by atoms with Crippen LogP contribution in [0.1, 0.15) is 37.0 Å². The average Bonchev–Trinajstić information content (AvgIpc) is 2.80. The van der Waals surface area contributed by atoms with Gasteiger partial charge in [-0.2, -0.15) is 0 Å². The molecule has 0 N–H and O–H groups in total. The third-order valence-corrected chi connectivity index (χ3v) is 5.57. The van der Waals surface area contributed by atoms with Gasteiger partial charge in [0.2, 0.25) is 0 Å². The Balaban J connectivity index is 1.73. The Labute approximate surface area is 192 Å². The van der Waals surface area contributed by atoms with Gasteiger partial charge in [0.1, 0.15) is 5.69 Å². The molecule has 1 saturated heterocycles. The first kappa shape index (κ1) is 23.7. The summed E-state index contributed by atoms with van der Waals surface area (Å²) in [7, 11) is 0. The summed E-state index contributed by atoms with van der Waals surface area (Å²) in [6.45, 7) is 6.78. The molecule has 3 rings (SSSR count). The van der Waals surface area contributed by atoms with Crippen LogP contribution < -0.4 is 14.4 Å². The standard InChI is InChI=1S/C23H28ClN3O5/c1-3-5-14-32-22-18(24)15-17(16-21(22)31-4-2)23(28)26-12-10-25(11-13-26)19-8-6-7-9-20(19)27(29)30/h6-9,15-16H,3-5,10-14H2,1-2H3. The highest BCUT2D eigenvalue weighted by molar-refractivity contribution is 6.32. The molecule has 0 aromatic heterocycles. The van der Waals surface area contributed by atoms with Gasteiger partial charge in [0, 0.05) is 37.8 Å². The minimum absolute atomic E-state index is 0.0686. The highest BCUT2D eigenvalue weighted by Gasteiger charge is 2.27. The van der Waals surface area contributed by atoms with E-state index in [0.29, 0.717) is 67.2 Å². The molecule has 0 atom stereocenters. The van der Waals surface area contributed by atoms with E-state index in [9.17, 15) is 14.9 Å². The lowest BCUT2D eigenvalue weighted by molar-refractivity contribution is -0.384. The zero-order chi connectivity index (χ0) is 23.1. The quantitative estimate of drug-likeness (QED) is 0.303. The molecule has 2 aromatic rings. The molecule has 1 aliphatic heterocycles. The van der Waals surface area contributed by atoms with E-state index in [1.54, 1.807) is 35.2 Å². The van der Waals surface area contributed by atoms with Crippen LogP contribution in [-0.4, -0.2) is 55.1 Å². The van der Waals surface area contributed by atoms with E-state index in [2.05, 4.69) is 6.92 Å². The SMILES string of the molecule is CCCCOc1c(Cl)cc(C(=O)N2CCN(c3ccccc3[N+](=O)[O-])CC2)cc1OCC. The van der Waals surface area contributed by atoms with Crippen molar-refractivity contribution in [2.24, 2.45) is 0 Å². The number of halogens is 1. The molecule has 0 saturated carbocycles. The highest BCUT2D eigenvalue weighted by Crippen LogP contribution is 2.37. The van der Waals surface area contributed by atoms with Crippen molar-refractivity contribution in [2.75, 3.05) is 44.3 Å². The van der Waals surface area contributed by atoms with Gasteiger partial charge in [-0.1, -0.05) is 37.1 Å². The number of unbranched alkanes of at least 4 members (excludes halogenated alkanes) is 1. The number of rotatable bonds is 9. The van der Waals surface area contributed by atoms with E-state index in [0.717, 1.165) is 12.8 Å². The number of ether oxygens (including phenoxy) is 2. The molecule has 0 radical (unpaired) electrons. The number of nitrogens with zero attached hydrogens (tertiary/aromatic N) is 3. The summed E-state index contributed by atoms with van der Waals surface area (Å²) in [5, 5.41) is 11.7. The molecule has 0 unspecified atom stereocenters. The molecule has 172 valence electrons. The topological polar surface area (TPSA) is 85.2 Å². The van der Waals surface area contributed by atoms with Crippen LogP contribution >= 0.6 is 11.6 Å². The molecular formula is C23H28ClN3O5. The lowest BCUT2D eigenvalue weighted by Gasteiger charge is -2.36. The predicted molar refractivity (Wildman–Crippen MR) is 124 cm³/mol. The van der Waals surface area contributed by atoms with Crippen molar-refractivity contribution in [1.82, 2.24) is 4.90 Å². The fourth-order valence-corrected chi connectivity index (χ4v) is 3.90. The number of benzene rings is 2. The summed E-state index contributed by atoms with van der Waals surface area (Å²) < 4.78 is 11.5. The summed E-state index contributed by atoms with van der Waals surface area (Å²) in [5.74, 6) is 0.757. The minimum atomic E-state index is -0.381. The van der Waals surface area contributed by atoms with Crippen LogP contribution in [0.2, 0.25) is 5.02 Å². The third-order valence-electron chi connectivity index (χ3n) is 5.29. The maximum absolute atomic E-state index is 13.1. The largest absolute Gasteiger partial charge is 0.490 e. The Hall–Kier alpha value is -3.00. The van der Waals surface area contributed by atoms with Crippen LogP contribution in [0.3, 0.4) is 0 Å². The number of hydrogen-bond acceptors (Lipinski definition) is 6. The molecule has 32 heavy (non-hydrogen) atoms. The van der Waals surface area contributed by atoms with Crippen LogP contribution in [0.25, 0.3) is 0 Å². The predicted octanol–water partition coefficient (Wildman–Crippen LogP) is 4.79. The lowest BCUT2D eigenvalue weighted by Crippen LogP contribution is -2.49. The van der Waals surface area contributed by atoms with Crippen molar-refractivity contribution in [2.45, 2.75) is 26.7 Å². The van der Waals surface area contributed by atoms with E-state index in [1.807, 2.05) is 11.8 Å². The smallest absolute Gasteiger partial charge is 0.292 e. The highest BCUT2D eigenvalue weighted by atomic mass is 35.5. The number of para-hydroxylation sites is 2. The average molecular weight is 462 g/mol. The second kappa shape index (κ2) is 11.0. The monoisotopic (exact) mass is 461 g/mol. The Kier molecular flexibility index (Phi) is 8.16. The van der Waals surface area contributed by atoms with Crippen molar-refractivity contribution >= 4 is 28.9 Å². The second-order valence-electron chi connectivity index (χ2n) is 7.45. The minimum Gasteiger partial charge on any atom is -0.490 e. The lowest BCUT2D eigenvalue weighted by atomic mass is 10.1. The number of carbonyl (C=O) groups excluding carboxylic acids is 1. The Morgan fingerprint density at radius 3 is 2.50 bits per heavy atom. The van der Waals surface area contributed by atoms with E-state index < -0.39 is 0 Å². The summed E-state index contributed by atoms with van der Waals surface area (Å²) in [6.07, 6.45) is 1.89. The summed E-state index contributed by atoms with van der Waals surface area (Å²) in [5.41, 5.74) is 1.07. The number of carbonyl (C=O) groups is 1. The Morgan fingerprint density at radius 1 is 1.12 bits per heavy atom. The maximum Gasteiger partial charge on any atom is 0.292 e. The number of hydrogen-bond donors (Lipinski definition) is 0. The number of amides is 1. The van der Waals surface area contributed by atoms with Gasteiger partial charge >= 0.3 is 0 Å². The Bertz CT molecular complexity index is 961. The van der Waals surface area contributed by atoms with Gasteiger partial charge < -0.3 is 19.3 Å². The summed E-state index contributed by atoms with van der Waals surface area (Å²) >= 11 is 6.43. The zero-order valence-electron chi connectivity index (χ0n) is 18.4. The van der Waals surface area contributed by atoms with Crippen molar-refractivity contribution in [3.8, 4) is 11.5 Å². The molecule has 1 amide bonds. The molecule has 0 spiro atoms. The molecule has 1 aliphatic rings. The van der Waals surface area contributed by atoms with Gasteiger partial charge in [-0.05, 0) is 31.5 Å². The van der Waals surface area contributed by atoms with Gasteiger partial charge in [0.15, 0.2) is 11.5 Å². The van der Waals surface area contributed by atoms with Crippen LogP contribution in [-0.2, 0) is 0 Å². The maximum atomic E-state index is 13.1. The van der Waals surface area contributed by atoms with Crippen LogP contribution in [0.15, 0.2) is 36.4 Å². The van der Waals surface area contributed by atoms with E-state index in [-0.39, 0.29) is 16.5 Å². The van der Waals surface area contributed by atoms with Crippen molar-refractivity contribution in [3.05, 3.63) is 57.1 Å². The molecule has 8 nitrogen and oxygen atoms in total. The van der Waals surface area contributed by atoms with Crippen molar-refractivity contribution in [3.63, 3.8) is 0 Å². The van der Waals surface area contributed by atoms with E-state index in [1.165, 1.54) is 6.07 Å². The van der Waals surface area contributed by atoms with Crippen LogP contribution in [0, 0.1) is 10.1 Å². The van der Waals surface area contributed by atoms with Crippen LogP contribution in [0.5, 0.6) is 11.5 Å². The van der Waals surface area contributed by atoms with E-state index >= 15 is 0 Å². The number of nitro benzene ring substituents is 1. The van der Waals surface area contributed by atoms with Gasteiger partial charge in [-0.15, -0.1) is 0 Å². The third kappa shape index (κ3) is 5.43. The first-order valence-electron chi connectivity index (χ1n) is 10.8. The summed E-state index contributed by atoms with van der Waals surface area (Å²) in [4.78, 5) is 27.8. The number of nitro groups is 1. The van der Waals surface area contributed by atoms with Gasteiger partial charge in [0.05, 0.1) is 23.2 Å². The molecule has 9 heteroatoms. The zero-order valence-corrected chi connectivity index (χ0v) is 19.1. The molecule has 1 fully saturated rings. The summed E-state index contributed by atoms with van der Waals surface area (Å²) in [6, 6.07) is 9.95. The molecule has 1 heterocycles. The van der Waals surface area contributed by atoms with Gasteiger partial charge in [0.25, 0.3) is 11.6 Å². The second-order valence-corrected chi connectivity index (χ2v) is 7.85. The Morgan fingerprint density at radius 2 is 1.84 bits per heavy atom. The normalized spacial score (nSPS) is 13.7. The van der Waals surface area contributed by atoms with Crippen LogP contribution in [0.4, 0.5) is 11.4 Å². The first-order valence-corrected chi connectivity index (χ1v) is 11.2. The molecule has 2 aromatic carbocycles. The molecule has 0 bridgehead atoms. The fraction of sp³-hybridized carbons (Fsp3) is 0.435. The fourth-order valence-electron chi connectivity index (χ4n) is 3.63. The molecule has 0 aliphatic carbocycles. The number of anilines is 1. The van der Waals surface area contributed by atoms with Gasteiger partial charge in [-0.3, -0.25) is 14.9 Å².